The van der Waals surface area contributed by atoms with Crippen LogP contribution in [0.25, 0.3) is 0 Å². The summed E-state index contributed by atoms with van der Waals surface area (Å²) >= 11 is 2.14. The number of rotatable bonds is 6. The van der Waals surface area contributed by atoms with E-state index in [4.69, 9.17) is 0 Å². The molecule has 2 aromatic heterocycles. The number of aromatic nitrogens is 4. The molecule has 0 unspecified atom stereocenters. The first-order valence-corrected chi connectivity index (χ1v) is 7.92. The maximum Gasteiger partial charge on any atom is 0.433 e. The Labute approximate surface area is 138 Å². The number of halogens is 3. The van der Waals surface area contributed by atoms with Gasteiger partial charge in [-0.3, -0.25) is 0 Å². The zero-order valence-corrected chi connectivity index (χ0v) is 13.9. The Morgan fingerprint density at radius 1 is 1.35 bits per heavy atom. The highest BCUT2D eigenvalue weighted by atomic mass is 32.2. The second-order valence-electron chi connectivity index (χ2n) is 4.43. The molecule has 6 nitrogen and oxygen atoms in total. The van der Waals surface area contributed by atoms with Crippen LogP contribution in [0.2, 0.25) is 0 Å². The molecule has 11 heteroatoms. The number of alkyl halides is 3. The lowest BCUT2D eigenvalue weighted by Crippen LogP contribution is -2.15. The molecule has 0 aliphatic heterocycles. The average Bonchev–Trinajstić information content (AvgIpc) is 2.91. The summed E-state index contributed by atoms with van der Waals surface area (Å²) in [5, 5.41) is 11.2. The number of nitrogens with one attached hydrogen (secondary N) is 1. The zero-order chi connectivity index (χ0) is 17.0. The molecule has 0 saturated heterocycles. The van der Waals surface area contributed by atoms with E-state index in [2.05, 4.69) is 32.1 Å². The molecule has 0 aliphatic carbocycles. The van der Waals surface area contributed by atoms with Crippen molar-refractivity contribution in [1.29, 1.82) is 0 Å². The smallest absolute Gasteiger partial charge is 0.363 e. The van der Waals surface area contributed by atoms with Gasteiger partial charge in [-0.1, -0.05) is 17.4 Å². The summed E-state index contributed by atoms with van der Waals surface area (Å²) in [5.74, 6) is 0.171. The fraction of sp³-hybridized carbons (Fsp3) is 0.333. The molecule has 0 saturated carbocycles. The third-order valence-corrected chi connectivity index (χ3v) is 4.22. The predicted molar refractivity (Wildman–Crippen MR) is 84.1 cm³/mol. The first kappa shape index (κ1) is 17.5. The van der Waals surface area contributed by atoms with E-state index in [0.29, 0.717) is 16.0 Å². The molecule has 0 bridgehead atoms. The Morgan fingerprint density at radius 3 is 2.70 bits per heavy atom. The van der Waals surface area contributed by atoms with E-state index in [-0.39, 0.29) is 11.0 Å². The molecule has 0 aliphatic rings. The molecule has 124 valence electrons. The van der Waals surface area contributed by atoms with Crippen LogP contribution in [0.5, 0.6) is 0 Å². The zero-order valence-electron chi connectivity index (χ0n) is 12.3. The maximum atomic E-state index is 12.9. The Morgan fingerprint density at radius 2 is 2.09 bits per heavy atom. The maximum absolute atomic E-state index is 12.9. The van der Waals surface area contributed by atoms with Crippen LogP contribution in [0.4, 0.5) is 24.1 Å². The van der Waals surface area contributed by atoms with Gasteiger partial charge in [-0.2, -0.15) is 13.2 Å². The van der Waals surface area contributed by atoms with Gasteiger partial charge in [-0.15, -0.1) is 16.8 Å². The first-order chi connectivity index (χ1) is 10.8. The number of hydrogen-bond donors (Lipinski definition) is 1. The van der Waals surface area contributed by atoms with Crippen molar-refractivity contribution in [3.63, 3.8) is 0 Å². The van der Waals surface area contributed by atoms with E-state index in [0.717, 1.165) is 17.8 Å². The average molecular weight is 362 g/mol. The summed E-state index contributed by atoms with van der Waals surface area (Å²) in [6.07, 6.45) is -2.88. The molecule has 0 fully saturated rings. The van der Waals surface area contributed by atoms with Gasteiger partial charge in [0.05, 0.1) is 0 Å². The monoisotopic (exact) mass is 362 g/mol. The van der Waals surface area contributed by atoms with Crippen molar-refractivity contribution >= 4 is 34.0 Å². The third-order valence-electron chi connectivity index (χ3n) is 2.42. The molecule has 0 radical (unpaired) electrons. The second-order valence-corrected chi connectivity index (χ2v) is 6.62. The van der Waals surface area contributed by atoms with Crippen molar-refractivity contribution in [3.05, 3.63) is 24.4 Å². The molecule has 23 heavy (non-hydrogen) atoms. The molecule has 0 atom stereocenters. The fourth-order valence-corrected chi connectivity index (χ4v) is 3.03. The summed E-state index contributed by atoms with van der Waals surface area (Å²) in [6, 6.07) is 0.904. The van der Waals surface area contributed by atoms with Crippen molar-refractivity contribution in [2.75, 3.05) is 30.9 Å². The molecule has 0 amide bonds. The number of nitrogens with zero attached hydrogens (tertiary/aromatic N) is 5. The van der Waals surface area contributed by atoms with Crippen molar-refractivity contribution < 1.29 is 13.2 Å². The van der Waals surface area contributed by atoms with Gasteiger partial charge in [0, 0.05) is 26.7 Å². The SMILES string of the molecule is C=CCNc1nnc(Sc2nc(N(C)C)cc(C(F)(F)F)n2)s1. The van der Waals surface area contributed by atoms with Crippen LogP contribution in [0.15, 0.2) is 28.2 Å². The molecular formula is C12H13F3N6S2. The highest BCUT2D eigenvalue weighted by Gasteiger charge is 2.34. The van der Waals surface area contributed by atoms with Crippen LogP contribution in [0.3, 0.4) is 0 Å². The van der Waals surface area contributed by atoms with Crippen molar-refractivity contribution in [3.8, 4) is 0 Å². The predicted octanol–water partition coefficient (Wildman–Crippen LogP) is 3.16. The molecule has 0 aromatic carbocycles. The van der Waals surface area contributed by atoms with Crippen molar-refractivity contribution in [1.82, 2.24) is 20.2 Å². The van der Waals surface area contributed by atoms with Crippen LogP contribution in [-0.2, 0) is 6.18 Å². The first-order valence-electron chi connectivity index (χ1n) is 6.29. The minimum Gasteiger partial charge on any atom is -0.363 e. The standard InChI is InChI=1S/C12H13F3N6S2/c1-4-5-16-9-19-20-11(22-9)23-10-17-7(12(13,14)15)6-8(18-10)21(2)3/h4,6H,1,5H2,2-3H3,(H,16,19). The van der Waals surface area contributed by atoms with E-state index in [1.807, 2.05) is 0 Å². The van der Waals surface area contributed by atoms with E-state index in [1.54, 1.807) is 20.2 Å². The lowest BCUT2D eigenvalue weighted by atomic mass is 10.4. The normalized spacial score (nSPS) is 11.3. The van der Waals surface area contributed by atoms with Gasteiger partial charge in [0.1, 0.15) is 5.82 Å². The Kier molecular flexibility index (Phi) is 5.42. The Hall–Kier alpha value is -1.88. The minimum absolute atomic E-state index is 0.0325. The largest absolute Gasteiger partial charge is 0.433 e. The van der Waals surface area contributed by atoms with Gasteiger partial charge < -0.3 is 10.2 Å². The van der Waals surface area contributed by atoms with Crippen molar-refractivity contribution in [2.45, 2.75) is 15.7 Å². The second kappa shape index (κ2) is 7.13. The minimum atomic E-state index is -4.54. The fourth-order valence-electron chi connectivity index (χ4n) is 1.39. The topological polar surface area (TPSA) is 66.8 Å². The van der Waals surface area contributed by atoms with E-state index < -0.39 is 11.9 Å². The summed E-state index contributed by atoms with van der Waals surface area (Å²) < 4.78 is 39.2. The van der Waals surface area contributed by atoms with Crippen molar-refractivity contribution in [2.24, 2.45) is 0 Å². The van der Waals surface area contributed by atoms with Gasteiger partial charge in [0.15, 0.2) is 15.2 Å². The Balaban J connectivity index is 2.26. The molecule has 0 spiro atoms. The highest BCUT2D eigenvalue weighted by molar-refractivity contribution is 8.00. The van der Waals surface area contributed by atoms with Crippen LogP contribution in [0.1, 0.15) is 5.69 Å². The van der Waals surface area contributed by atoms with E-state index in [1.165, 1.54) is 16.2 Å². The Bertz CT molecular complexity index is 686. The van der Waals surface area contributed by atoms with Gasteiger partial charge in [0.2, 0.25) is 5.13 Å². The van der Waals surface area contributed by atoms with Gasteiger partial charge >= 0.3 is 6.18 Å². The van der Waals surface area contributed by atoms with Gasteiger partial charge in [-0.05, 0) is 11.8 Å². The highest BCUT2D eigenvalue weighted by Crippen LogP contribution is 2.34. The summed E-state index contributed by atoms with van der Waals surface area (Å²) in [7, 11) is 3.22. The molecule has 2 heterocycles. The summed E-state index contributed by atoms with van der Waals surface area (Å²) in [5.41, 5.74) is -0.992. The van der Waals surface area contributed by atoms with Crippen LogP contribution < -0.4 is 10.2 Å². The lowest BCUT2D eigenvalue weighted by Gasteiger charge is -2.14. The molecule has 2 aromatic rings. The van der Waals surface area contributed by atoms with Crippen LogP contribution >= 0.6 is 23.1 Å². The van der Waals surface area contributed by atoms with Gasteiger partial charge in [0.25, 0.3) is 0 Å². The quantitative estimate of drug-likeness (QED) is 0.625. The summed E-state index contributed by atoms with van der Waals surface area (Å²) in [4.78, 5) is 9.13. The van der Waals surface area contributed by atoms with E-state index in [9.17, 15) is 13.2 Å². The summed E-state index contributed by atoms with van der Waals surface area (Å²) in [6.45, 7) is 4.08. The molecular weight excluding hydrogens is 349 g/mol. The molecule has 2 rings (SSSR count). The van der Waals surface area contributed by atoms with Crippen LogP contribution in [-0.4, -0.2) is 40.8 Å². The van der Waals surface area contributed by atoms with E-state index >= 15 is 0 Å². The molecule has 1 N–H and O–H groups in total. The number of hydrogen-bond acceptors (Lipinski definition) is 8. The van der Waals surface area contributed by atoms with Crippen LogP contribution in [0, 0.1) is 0 Å². The van der Waals surface area contributed by atoms with Gasteiger partial charge in [-0.25, -0.2) is 9.97 Å². The third kappa shape index (κ3) is 4.79. The number of anilines is 2. The lowest BCUT2D eigenvalue weighted by molar-refractivity contribution is -0.141.